The van der Waals surface area contributed by atoms with Crippen molar-refractivity contribution in [3.63, 3.8) is 0 Å². The normalized spacial score (nSPS) is 13.6. The summed E-state index contributed by atoms with van der Waals surface area (Å²) in [6, 6.07) is 17.0. The number of rotatable bonds is 4. The standard InChI is InChI=1S/C21H19N3O4/c1-14(21(26)22-16-7-9-18-19(13-16)28-12-11-27-18)24-20(25)10-8-17(23-24)15-5-3-2-4-6-15/h2-10,13-14H,11-12H2,1H3,(H,22,26). The van der Waals surface area contributed by atoms with E-state index in [0.717, 1.165) is 5.56 Å². The molecular weight excluding hydrogens is 358 g/mol. The minimum atomic E-state index is -0.788. The molecule has 4 rings (SSSR count). The van der Waals surface area contributed by atoms with Gasteiger partial charge in [0, 0.05) is 23.4 Å². The van der Waals surface area contributed by atoms with Crippen molar-refractivity contribution in [2.24, 2.45) is 0 Å². The summed E-state index contributed by atoms with van der Waals surface area (Å²) in [4.78, 5) is 25.0. The number of nitrogens with zero attached hydrogens (tertiary/aromatic N) is 2. The van der Waals surface area contributed by atoms with Crippen LogP contribution in [0.2, 0.25) is 0 Å². The van der Waals surface area contributed by atoms with E-state index in [0.29, 0.717) is 36.1 Å². The Morgan fingerprint density at radius 2 is 1.79 bits per heavy atom. The van der Waals surface area contributed by atoms with Gasteiger partial charge < -0.3 is 14.8 Å². The van der Waals surface area contributed by atoms with E-state index in [1.807, 2.05) is 30.3 Å². The maximum atomic E-state index is 12.7. The molecule has 1 aliphatic heterocycles. The first-order valence-electron chi connectivity index (χ1n) is 8.97. The smallest absolute Gasteiger partial charge is 0.267 e. The summed E-state index contributed by atoms with van der Waals surface area (Å²) in [7, 11) is 0. The Hall–Kier alpha value is -3.61. The maximum Gasteiger partial charge on any atom is 0.267 e. The number of carbonyl (C=O) groups excluding carboxylic acids is 1. The average Bonchev–Trinajstić information content (AvgIpc) is 2.74. The summed E-state index contributed by atoms with van der Waals surface area (Å²) in [6.07, 6.45) is 0. The van der Waals surface area contributed by atoms with Crippen molar-refractivity contribution in [2.75, 3.05) is 18.5 Å². The Morgan fingerprint density at radius 1 is 1.04 bits per heavy atom. The molecule has 0 bridgehead atoms. The first-order valence-corrected chi connectivity index (χ1v) is 8.97. The molecule has 0 aliphatic carbocycles. The first kappa shape index (κ1) is 17.8. The van der Waals surface area contributed by atoms with Crippen LogP contribution in [0, 0.1) is 0 Å². The predicted octanol–water partition coefficient (Wildman–Crippen LogP) is 2.88. The summed E-state index contributed by atoms with van der Waals surface area (Å²) in [5, 5.41) is 7.18. The van der Waals surface area contributed by atoms with Gasteiger partial charge in [-0.2, -0.15) is 5.10 Å². The van der Waals surface area contributed by atoms with E-state index in [1.54, 1.807) is 31.2 Å². The number of hydrogen-bond donors (Lipinski definition) is 1. The third kappa shape index (κ3) is 3.59. The minimum absolute atomic E-state index is 0.343. The van der Waals surface area contributed by atoms with E-state index >= 15 is 0 Å². The monoisotopic (exact) mass is 377 g/mol. The van der Waals surface area contributed by atoms with Crippen molar-refractivity contribution in [1.82, 2.24) is 9.78 Å². The van der Waals surface area contributed by atoms with Crippen molar-refractivity contribution in [1.29, 1.82) is 0 Å². The maximum absolute atomic E-state index is 12.7. The molecule has 0 fully saturated rings. The van der Waals surface area contributed by atoms with Gasteiger partial charge in [-0.1, -0.05) is 30.3 Å². The Morgan fingerprint density at radius 3 is 2.57 bits per heavy atom. The highest BCUT2D eigenvalue weighted by atomic mass is 16.6. The third-order valence-corrected chi connectivity index (χ3v) is 4.45. The van der Waals surface area contributed by atoms with Gasteiger partial charge in [0.2, 0.25) is 5.91 Å². The molecule has 2 heterocycles. The lowest BCUT2D eigenvalue weighted by atomic mass is 10.1. The van der Waals surface area contributed by atoms with Crippen molar-refractivity contribution in [3.8, 4) is 22.8 Å². The highest BCUT2D eigenvalue weighted by molar-refractivity contribution is 5.93. The highest BCUT2D eigenvalue weighted by Crippen LogP contribution is 2.32. The fraction of sp³-hybridized carbons (Fsp3) is 0.190. The van der Waals surface area contributed by atoms with Gasteiger partial charge in [0.1, 0.15) is 19.3 Å². The summed E-state index contributed by atoms with van der Waals surface area (Å²) in [6.45, 7) is 2.60. The summed E-state index contributed by atoms with van der Waals surface area (Å²) >= 11 is 0. The Kier molecular flexibility index (Phi) is 4.80. The van der Waals surface area contributed by atoms with E-state index in [4.69, 9.17) is 9.47 Å². The van der Waals surface area contributed by atoms with E-state index < -0.39 is 6.04 Å². The summed E-state index contributed by atoms with van der Waals surface area (Å²) in [5.74, 6) is 0.875. The van der Waals surface area contributed by atoms with Crippen molar-refractivity contribution in [3.05, 3.63) is 71.0 Å². The zero-order chi connectivity index (χ0) is 19.5. The second-order valence-corrected chi connectivity index (χ2v) is 6.39. The Balaban J connectivity index is 1.56. The molecule has 7 heteroatoms. The summed E-state index contributed by atoms with van der Waals surface area (Å²) in [5.41, 5.74) is 1.72. The molecule has 1 N–H and O–H groups in total. The van der Waals surface area contributed by atoms with E-state index in [2.05, 4.69) is 10.4 Å². The van der Waals surface area contributed by atoms with Gasteiger partial charge in [0.05, 0.1) is 5.69 Å². The first-order chi connectivity index (χ1) is 13.6. The van der Waals surface area contributed by atoms with Gasteiger partial charge in [-0.25, -0.2) is 4.68 Å². The highest BCUT2D eigenvalue weighted by Gasteiger charge is 2.19. The van der Waals surface area contributed by atoms with E-state index in [9.17, 15) is 9.59 Å². The zero-order valence-electron chi connectivity index (χ0n) is 15.3. The fourth-order valence-electron chi connectivity index (χ4n) is 2.94. The van der Waals surface area contributed by atoms with Crippen LogP contribution in [-0.4, -0.2) is 28.9 Å². The quantitative estimate of drug-likeness (QED) is 0.756. The van der Waals surface area contributed by atoms with Crippen LogP contribution < -0.4 is 20.3 Å². The topological polar surface area (TPSA) is 82.4 Å². The van der Waals surface area contributed by atoms with Gasteiger partial charge in [0.25, 0.3) is 5.56 Å². The van der Waals surface area contributed by atoms with Crippen molar-refractivity contribution < 1.29 is 14.3 Å². The molecule has 0 saturated carbocycles. The van der Waals surface area contributed by atoms with Crippen molar-refractivity contribution >= 4 is 11.6 Å². The Labute approximate surface area is 161 Å². The van der Waals surface area contributed by atoms with Crippen LogP contribution in [0.3, 0.4) is 0 Å². The second-order valence-electron chi connectivity index (χ2n) is 6.39. The molecule has 0 saturated heterocycles. The molecule has 0 radical (unpaired) electrons. The number of fused-ring (bicyclic) bond motifs is 1. The number of ether oxygens (including phenoxy) is 2. The molecule has 0 spiro atoms. The SMILES string of the molecule is CC(C(=O)Nc1ccc2c(c1)OCCO2)n1nc(-c2ccccc2)ccc1=O. The largest absolute Gasteiger partial charge is 0.486 e. The van der Waals surface area contributed by atoms with E-state index in [1.165, 1.54) is 10.7 Å². The number of hydrogen-bond acceptors (Lipinski definition) is 5. The molecule has 28 heavy (non-hydrogen) atoms. The minimum Gasteiger partial charge on any atom is -0.486 e. The number of amides is 1. The average molecular weight is 377 g/mol. The number of carbonyl (C=O) groups is 1. The Bertz CT molecular complexity index is 1060. The van der Waals surface area contributed by atoms with E-state index in [-0.39, 0.29) is 11.5 Å². The molecule has 7 nitrogen and oxygen atoms in total. The van der Waals surface area contributed by atoms with Gasteiger partial charge in [-0.15, -0.1) is 0 Å². The van der Waals surface area contributed by atoms with Crippen LogP contribution in [0.4, 0.5) is 5.69 Å². The number of anilines is 1. The number of nitrogens with one attached hydrogen (secondary N) is 1. The molecule has 3 aromatic rings. The molecule has 1 unspecified atom stereocenters. The molecule has 1 amide bonds. The van der Waals surface area contributed by atoms with Gasteiger partial charge in [-0.3, -0.25) is 9.59 Å². The molecule has 2 aromatic carbocycles. The molecule has 1 atom stereocenters. The van der Waals surface area contributed by atoms with Crippen LogP contribution in [0.15, 0.2) is 65.5 Å². The van der Waals surface area contributed by atoms with Crippen LogP contribution in [-0.2, 0) is 4.79 Å². The second kappa shape index (κ2) is 7.56. The van der Waals surface area contributed by atoms with Crippen molar-refractivity contribution in [2.45, 2.75) is 13.0 Å². The van der Waals surface area contributed by atoms with Crippen LogP contribution in [0.25, 0.3) is 11.3 Å². The molecule has 142 valence electrons. The third-order valence-electron chi connectivity index (χ3n) is 4.45. The number of aromatic nitrogens is 2. The van der Waals surface area contributed by atoms with Crippen LogP contribution in [0.5, 0.6) is 11.5 Å². The van der Waals surface area contributed by atoms with Crippen LogP contribution >= 0.6 is 0 Å². The fourth-order valence-corrected chi connectivity index (χ4v) is 2.94. The summed E-state index contributed by atoms with van der Waals surface area (Å²) < 4.78 is 12.2. The lowest BCUT2D eigenvalue weighted by molar-refractivity contribution is -0.119. The lowest BCUT2D eigenvalue weighted by Gasteiger charge is -2.20. The van der Waals surface area contributed by atoms with Gasteiger partial charge in [0.15, 0.2) is 11.5 Å². The van der Waals surface area contributed by atoms with Crippen LogP contribution in [0.1, 0.15) is 13.0 Å². The van der Waals surface area contributed by atoms with Gasteiger partial charge >= 0.3 is 0 Å². The molecule has 1 aromatic heterocycles. The molecule has 1 aliphatic rings. The zero-order valence-corrected chi connectivity index (χ0v) is 15.3. The molecular formula is C21H19N3O4. The lowest BCUT2D eigenvalue weighted by Crippen LogP contribution is -2.33. The predicted molar refractivity (Wildman–Crippen MR) is 105 cm³/mol. The number of benzene rings is 2. The van der Waals surface area contributed by atoms with Gasteiger partial charge in [-0.05, 0) is 25.1 Å².